The van der Waals surface area contributed by atoms with Crippen molar-refractivity contribution in [2.75, 3.05) is 31.1 Å². The van der Waals surface area contributed by atoms with Crippen molar-refractivity contribution in [3.05, 3.63) is 23.9 Å². The van der Waals surface area contributed by atoms with Crippen LogP contribution in [-0.2, 0) is 6.18 Å². The number of hydrogen-bond acceptors (Lipinski definition) is 3. The van der Waals surface area contributed by atoms with Crippen LogP contribution >= 0.6 is 0 Å². The molecule has 1 atom stereocenters. The third kappa shape index (κ3) is 4.33. The maximum Gasteiger partial charge on any atom is 0.419 e. The van der Waals surface area contributed by atoms with Crippen molar-refractivity contribution >= 4 is 5.82 Å². The van der Waals surface area contributed by atoms with E-state index in [1.165, 1.54) is 12.3 Å². The summed E-state index contributed by atoms with van der Waals surface area (Å²) in [6.07, 6.45) is 0.0150. The van der Waals surface area contributed by atoms with E-state index in [1.807, 2.05) is 6.92 Å². The van der Waals surface area contributed by atoms with Crippen LogP contribution in [0.1, 0.15) is 31.7 Å². The number of rotatable bonds is 5. The maximum atomic E-state index is 13.1. The number of hydrogen-bond donors (Lipinski definition) is 1. The molecule has 1 aromatic rings. The van der Waals surface area contributed by atoms with Crippen LogP contribution in [0.25, 0.3) is 0 Å². The molecular formula is C15H22F3N3. The lowest BCUT2D eigenvalue weighted by Crippen LogP contribution is -2.39. The average molecular weight is 301 g/mol. The number of alkyl halides is 3. The molecule has 1 aliphatic heterocycles. The number of halogens is 3. The molecule has 0 bridgehead atoms. The van der Waals surface area contributed by atoms with E-state index >= 15 is 0 Å². The summed E-state index contributed by atoms with van der Waals surface area (Å²) in [5.74, 6) is 0.450. The van der Waals surface area contributed by atoms with E-state index in [9.17, 15) is 13.2 Å². The Balaban J connectivity index is 2.21. The SMILES string of the molecule is CCCN(CC1CCCNC1)c1ncccc1C(F)(F)F. The largest absolute Gasteiger partial charge is 0.419 e. The Hall–Kier alpha value is -1.30. The maximum absolute atomic E-state index is 13.1. The third-order valence-corrected chi connectivity index (χ3v) is 3.76. The molecule has 2 heterocycles. The Bertz CT molecular complexity index is 442. The molecule has 0 spiro atoms. The predicted octanol–water partition coefficient (Wildman–Crippen LogP) is 3.32. The van der Waals surface area contributed by atoms with Gasteiger partial charge in [0.2, 0.25) is 0 Å². The first kappa shape index (κ1) is 16.1. The van der Waals surface area contributed by atoms with Crippen LogP contribution in [0, 0.1) is 5.92 Å². The average Bonchev–Trinajstić information content (AvgIpc) is 2.47. The second-order valence-electron chi connectivity index (χ2n) is 5.53. The zero-order chi connectivity index (χ0) is 15.3. The van der Waals surface area contributed by atoms with Gasteiger partial charge in [-0.25, -0.2) is 4.98 Å². The lowest BCUT2D eigenvalue weighted by molar-refractivity contribution is -0.137. The van der Waals surface area contributed by atoms with Gasteiger partial charge in [0.1, 0.15) is 5.82 Å². The van der Waals surface area contributed by atoms with Crippen LogP contribution in [0.3, 0.4) is 0 Å². The quantitative estimate of drug-likeness (QED) is 0.904. The lowest BCUT2D eigenvalue weighted by atomic mass is 9.98. The monoisotopic (exact) mass is 301 g/mol. The topological polar surface area (TPSA) is 28.2 Å². The van der Waals surface area contributed by atoms with E-state index in [-0.39, 0.29) is 5.82 Å². The standard InChI is InChI=1S/C15H22F3N3/c1-2-9-21(11-12-5-3-7-19-10-12)14-13(15(16,17)18)6-4-8-20-14/h4,6,8,12,19H,2-3,5,7,9-11H2,1H3. The Morgan fingerprint density at radius 1 is 1.43 bits per heavy atom. The van der Waals surface area contributed by atoms with Crippen LogP contribution in [0.15, 0.2) is 18.3 Å². The van der Waals surface area contributed by atoms with Gasteiger partial charge in [-0.05, 0) is 50.4 Å². The van der Waals surface area contributed by atoms with Crippen molar-refractivity contribution in [1.82, 2.24) is 10.3 Å². The van der Waals surface area contributed by atoms with E-state index in [4.69, 9.17) is 0 Å². The fraction of sp³-hybridized carbons (Fsp3) is 0.667. The van der Waals surface area contributed by atoms with E-state index in [1.54, 1.807) is 4.90 Å². The number of aromatic nitrogens is 1. The highest BCUT2D eigenvalue weighted by molar-refractivity contribution is 5.48. The lowest BCUT2D eigenvalue weighted by Gasteiger charge is -2.32. The highest BCUT2D eigenvalue weighted by Gasteiger charge is 2.35. The molecule has 0 radical (unpaired) electrons. The highest BCUT2D eigenvalue weighted by Crippen LogP contribution is 2.35. The smallest absolute Gasteiger partial charge is 0.356 e. The van der Waals surface area contributed by atoms with Crippen LogP contribution < -0.4 is 10.2 Å². The molecule has 1 aliphatic rings. The molecule has 21 heavy (non-hydrogen) atoms. The van der Waals surface area contributed by atoms with Gasteiger partial charge in [0.15, 0.2) is 0 Å². The Labute approximate surface area is 123 Å². The second-order valence-corrected chi connectivity index (χ2v) is 5.53. The first-order valence-corrected chi connectivity index (χ1v) is 7.50. The summed E-state index contributed by atoms with van der Waals surface area (Å²) < 4.78 is 39.4. The summed E-state index contributed by atoms with van der Waals surface area (Å²) in [6, 6.07) is 2.46. The fourth-order valence-electron chi connectivity index (χ4n) is 2.82. The van der Waals surface area contributed by atoms with Gasteiger partial charge in [-0.3, -0.25) is 0 Å². The molecule has 0 aliphatic carbocycles. The van der Waals surface area contributed by atoms with Crippen LogP contribution in [0.4, 0.5) is 19.0 Å². The van der Waals surface area contributed by atoms with Gasteiger partial charge in [-0.2, -0.15) is 13.2 Å². The number of nitrogens with one attached hydrogen (secondary N) is 1. The number of anilines is 1. The molecule has 0 saturated carbocycles. The summed E-state index contributed by atoms with van der Waals surface area (Å²) in [7, 11) is 0. The zero-order valence-electron chi connectivity index (χ0n) is 12.3. The molecule has 1 N–H and O–H groups in total. The first-order chi connectivity index (χ1) is 10.0. The Morgan fingerprint density at radius 3 is 2.86 bits per heavy atom. The van der Waals surface area contributed by atoms with Crippen molar-refractivity contribution in [1.29, 1.82) is 0 Å². The molecular weight excluding hydrogens is 279 g/mol. The highest BCUT2D eigenvalue weighted by atomic mass is 19.4. The van der Waals surface area contributed by atoms with Crippen molar-refractivity contribution in [3.8, 4) is 0 Å². The Kier molecular flexibility index (Phi) is 5.45. The summed E-state index contributed by atoms with van der Waals surface area (Å²) in [5.41, 5.74) is -0.637. The molecule has 0 amide bonds. The summed E-state index contributed by atoms with van der Waals surface area (Å²) >= 11 is 0. The van der Waals surface area contributed by atoms with E-state index < -0.39 is 11.7 Å². The molecule has 0 aromatic carbocycles. The van der Waals surface area contributed by atoms with Gasteiger partial charge in [-0.15, -0.1) is 0 Å². The summed E-state index contributed by atoms with van der Waals surface area (Å²) in [6.45, 7) is 5.07. The minimum absolute atomic E-state index is 0.0671. The van der Waals surface area contributed by atoms with Gasteiger partial charge < -0.3 is 10.2 Å². The van der Waals surface area contributed by atoms with Crippen molar-refractivity contribution < 1.29 is 13.2 Å². The second kappa shape index (κ2) is 7.11. The normalized spacial score (nSPS) is 19.5. The predicted molar refractivity (Wildman–Crippen MR) is 77.3 cm³/mol. The van der Waals surface area contributed by atoms with Crippen LogP contribution in [0.5, 0.6) is 0 Å². The van der Waals surface area contributed by atoms with Crippen LogP contribution in [-0.4, -0.2) is 31.2 Å². The third-order valence-electron chi connectivity index (χ3n) is 3.76. The van der Waals surface area contributed by atoms with Crippen molar-refractivity contribution in [3.63, 3.8) is 0 Å². The van der Waals surface area contributed by atoms with Gasteiger partial charge in [0, 0.05) is 19.3 Å². The van der Waals surface area contributed by atoms with Crippen molar-refractivity contribution in [2.45, 2.75) is 32.4 Å². The van der Waals surface area contributed by atoms with E-state index in [0.717, 1.165) is 38.4 Å². The fourth-order valence-corrected chi connectivity index (χ4v) is 2.82. The first-order valence-electron chi connectivity index (χ1n) is 7.50. The van der Waals surface area contributed by atoms with E-state index in [2.05, 4.69) is 10.3 Å². The molecule has 118 valence electrons. The number of pyridine rings is 1. The Morgan fingerprint density at radius 2 is 2.24 bits per heavy atom. The molecule has 6 heteroatoms. The molecule has 1 aromatic heterocycles. The summed E-state index contributed by atoms with van der Waals surface area (Å²) in [4.78, 5) is 5.81. The molecule has 3 nitrogen and oxygen atoms in total. The number of nitrogens with zero attached hydrogens (tertiary/aromatic N) is 2. The molecule has 1 unspecified atom stereocenters. The molecule has 2 rings (SSSR count). The molecule has 1 fully saturated rings. The zero-order valence-corrected chi connectivity index (χ0v) is 12.3. The van der Waals surface area contributed by atoms with Gasteiger partial charge >= 0.3 is 6.18 Å². The van der Waals surface area contributed by atoms with Gasteiger partial charge in [0.25, 0.3) is 0 Å². The molecule has 1 saturated heterocycles. The minimum Gasteiger partial charge on any atom is -0.356 e. The van der Waals surface area contributed by atoms with Gasteiger partial charge in [0.05, 0.1) is 5.56 Å². The van der Waals surface area contributed by atoms with Gasteiger partial charge in [-0.1, -0.05) is 6.92 Å². The van der Waals surface area contributed by atoms with Crippen molar-refractivity contribution in [2.24, 2.45) is 5.92 Å². The number of piperidine rings is 1. The summed E-state index contributed by atoms with van der Waals surface area (Å²) in [5, 5.41) is 3.31. The minimum atomic E-state index is -4.36. The van der Waals surface area contributed by atoms with E-state index in [0.29, 0.717) is 19.0 Å². The van der Waals surface area contributed by atoms with Crippen LogP contribution in [0.2, 0.25) is 0 Å².